The van der Waals surface area contributed by atoms with Gasteiger partial charge in [-0.3, -0.25) is 14.4 Å². The van der Waals surface area contributed by atoms with Crippen LogP contribution in [0.4, 0.5) is 5.69 Å². The summed E-state index contributed by atoms with van der Waals surface area (Å²) in [5.41, 5.74) is 1.81. The van der Waals surface area contributed by atoms with Gasteiger partial charge in [0.1, 0.15) is 0 Å². The molecule has 0 bridgehead atoms. The fourth-order valence-electron chi connectivity index (χ4n) is 3.46. The van der Waals surface area contributed by atoms with Gasteiger partial charge < -0.3 is 15.4 Å². The van der Waals surface area contributed by atoms with Crippen LogP contribution >= 0.6 is 0 Å². The molecule has 3 rings (SSSR count). The summed E-state index contributed by atoms with van der Waals surface area (Å²) in [5, 5.41) is 5.79. The molecule has 6 nitrogen and oxygen atoms in total. The monoisotopic (exact) mass is 394 g/mol. The lowest BCUT2D eigenvalue weighted by Crippen LogP contribution is -2.42. The minimum atomic E-state index is -0.423. The Morgan fingerprint density at radius 1 is 1.00 bits per heavy atom. The van der Waals surface area contributed by atoms with Gasteiger partial charge in [0.2, 0.25) is 5.91 Å². The molecule has 3 atom stereocenters. The molecule has 1 fully saturated rings. The molecule has 1 saturated carbocycles. The Balaban J connectivity index is 1.68. The van der Waals surface area contributed by atoms with E-state index in [1.165, 1.54) is 0 Å². The minimum absolute atomic E-state index is 0.174. The molecule has 0 aliphatic heterocycles. The maximum absolute atomic E-state index is 12.8. The molecule has 29 heavy (non-hydrogen) atoms. The van der Waals surface area contributed by atoms with Gasteiger partial charge in [-0.1, -0.05) is 42.5 Å². The van der Waals surface area contributed by atoms with Crippen LogP contribution < -0.4 is 10.6 Å². The van der Waals surface area contributed by atoms with Crippen LogP contribution in [0.2, 0.25) is 0 Å². The third-order valence-corrected chi connectivity index (χ3v) is 5.28. The summed E-state index contributed by atoms with van der Waals surface area (Å²) in [4.78, 5) is 37.4. The summed E-state index contributed by atoms with van der Waals surface area (Å²) in [6.45, 7) is 3.95. The summed E-state index contributed by atoms with van der Waals surface area (Å²) in [6.07, 6.45) is 1.28. The predicted molar refractivity (Wildman–Crippen MR) is 110 cm³/mol. The van der Waals surface area contributed by atoms with Gasteiger partial charge >= 0.3 is 5.97 Å². The van der Waals surface area contributed by atoms with Crippen molar-refractivity contribution in [3.63, 3.8) is 0 Å². The third kappa shape index (κ3) is 4.83. The van der Waals surface area contributed by atoms with Crippen LogP contribution in [0.1, 0.15) is 48.7 Å². The fraction of sp³-hybridized carbons (Fsp3) is 0.348. The molecule has 0 radical (unpaired) electrons. The third-order valence-electron chi connectivity index (χ3n) is 5.28. The van der Waals surface area contributed by atoms with E-state index in [0.29, 0.717) is 30.7 Å². The first-order valence-electron chi connectivity index (χ1n) is 9.93. The molecule has 2 amide bonds. The van der Waals surface area contributed by atoms with E-state index in [1.54, 1.807) is 31.2 Å². The van der Waals surface area contributed by atoms with E-state index < -0.39 is 11.8 Å². The molecule has 0 aromatic heterocycles. The van der Waals surface area contributed by atoms with Gasteiger partial charge in [-0.05, 0) is 44.4 Å². The first kappa shape index (κ1) is 20.6. The Labute approximate surface area is 170 Å². The standard InChI is InChI=1S/C23H26N2O4/c1-3-29-23(28)18-14-13-17(18)21(26)25-20-12-8-7-11-19(20)22(27)24-15(2)16-9-5-4-6-10-16/h4-12,15,17-18H,3,13-14H2,1-2H3,(H,24,27)(H,25,26)/t15?,17-,18+/m0/s1. The van der Waals surface area contributed by atoms with Crippen molar-refractivity contribution in [3.8, 4) is 0 Å². The van der Waals surface area contributed by atoms with Crippen molar-refractivity contribution in [2.75, 3.05) is 11.9 Å². The number of esters is 1. The number of nitrogens with one attached hydrogen (secondary N) is 2. The first-order valence-corrected chi connectivity index (χ1v) is 9.93. The summed E-state index contributed by atoms with van der Waals surface area (Å²) in [5.74, 6) is -1.69. The maximum atomic E-state index is 12.8. The van der Waals surface area contributed by atoms with Crippen LogP contribution in [0.15, 0.2) is 54.6 Å². The molecule has 0 heterocycles. The van der Waals surface area contributed by atoms with Crippen molar-refractivity contribution < 1.29 is 19.1 Å². The van der Waals surface area contributed by atoms with E-state index in [1.807, 2.05) is 37.3 Å². The van der Waals surface area contributed by atoms with Crippen molar-refractivity contribution in [1.29, 1.82) is 0 Å². The van der Waals surface area contributed by atoms with Crippen molar-refractivity contribution in [1.82, 2.24) is 5.32 Å². The SMILES string of the molecule is CCOC(=O)[C@@H]1CC[C@@H]1C(=O)Nc1ccccc1C(=O)NC(C)c1ccccc1. The Bertz CT molecular complexity index is 881. The molecule has 1 aliphatic rings. The number of ether oxygens (including phenoxy) is 1. The lowest BCUT2D eigenvalue weighted by Gasteiger charge is -2.33. The second kappa shape index (κ2) is 9.37. The molecule has 2 aromatic carbocycles. The maximum Gasteiger partial charge on any atom is 0.309 e. The topological polar surface area (TPSA) is 84.5 Å². The molecule has 0 saturated heterocycles. The average Bonchev–Trinajstić information content (AvgIpc) is 2.68. The summed E-state index contributed by atoms with van der Waals surface area (Å²) in [7, 11) is 0. The number of para-hydroxylation sites is 1. The van der Waals surface area contributed by atoms with Gasteiger partial charge in [0.05, 0.1) is 35.7 Å². The summed E-state index contributed by atoms with van der Waals surface area (Å²) in [6, 6.07) is 16.4. The van der Waals surface area contributed by atoms with Crippen LogP contribution in [0, 0.1) is 11.8 Å². The fourth-order valence-corrected chi connectivity index (χ4v) is 3.46. The quantitative estimate of drug-likeness (QED) is 0.701. The number of carbonyl (C=O) groups is 3. The second-order valence-electron chi connectivity index (χ2n) is 7.18. The van der Waals surface area contributed by atoms with E-state index in [2.05, 4.69) is 10.6 Å². The lowest BCUT2D eigenvalue weighted by atomic mass is 9.73. The van der Waals surface area contributed by atoms with Gasteiger partial charge in [0.15, 0.2) is 0 Å². The molecule has 1 unspecified atom stereocenters. The van der Waals surface area contributed by atoms with Crippen molar-refractivity contribution in [3.05, 3.63) is 65.7 Å². The lowest BCUT2D eigenvalue weighted by molar-refractivity contribution is -0.157. The zero-order valence-corrected chi connectivity index (χ0v) is 16.7. The number of benzene rings is 2. The number of anilines is 1. The van der Waals surface area contributed by atoms with Gasteiger partial charge in [0, 0.05) is 0 Å². The second-order valence-corrected chi connectivity index (χ2v) is 7.18. The Morgan fingerprint density at radius 2 is 1.66 bits per heavy atom. The molecule has 1 aliphatic carbocycles. The van der Waals surface area contributed by atoms with Crippen LogP contribution in [-0.2, 0) is 14.3 Å². The number of carbonyl (C=O) groups excluding carboxylic acids is 3. The van der Waals surface area contributed by atoms with E-state index in [9.17, 15) is 14.4 Å². The van der Waals surface area contributed by atoms with Gasteiger partial charge in [-0.2, -0.15) is 0 Å². The minimum Gasteiger partial charge on any atom is -0.466 e. The Morgan fingerprint density at radius 3 is 2.31 bits per heavy atom. The zero-order valence-electron chi connectivity index (χ0n) is 16.7. The number of hydrogen-bond donors (Lipinski definition) is 2. The van der Waals surface area contributed by atoms with Gasteiger partial charge in [-0.25, -0.2) is 0 Å². The van der Waals surface area contributed by atoms with E-state index in [0.717, 1.165) is 5.56 Å². The summed E-state index contributed by atoms with van der Waals surface area (Å²) >= 11 is 0. The average molecular weight is 394 g/mol. The highest BCUT2D eigenvalue weighted by molar-refractivity contribution is 6.05. The molecular weight excluding hydrogens is 368 g/mol. The summed E-state index contributed by atoms with van der Waals surface area (Å²) < 4.78 is 5.04. The van der Waals surface area contributed by atoms with Crippen LogP contribution in [-0.4, -0.2) is 24.4 Å². The van der Waals surface area contributed by atoms with Crippen LogP contribution in [0.25, 0.3) is 0 Å². The van der Waals surface area contributed by atoms with Gasteiger partial charge in [0.25, 0.3) is 5.91 Å². The van der Waals surface area contributed by atoms with Crippen LogP contribution in [0.3, 0.4) is 0 Å². The Hall–Kier alpha value is -3.15. The highest BCUT2D eigenvalue weighted by atomic mass is 16.5. The van der Waals surface area contributed by atoms with Crippen LogP contribution in [0.5, 0.6) is 0 Å². The first-order chi connectivity index (χ1) is 14.0. The predicted octanol–water partition coefficient (Wildman–Crippen LogP) is 3.71. The van der Waals surface area contributed by atoms with E-state index in [-0.39, 0.29) is 23.8 Å². The van der Waals surface area contributed by atoms with Crippen molar-refractivity contribution in [2.24, 2.45) is 11.8 Å². The van der Waals surface area contributed by atoms with Gasteiger partial charge in [-0.15, -0.1) is 0 Å². The molecule has 0 spiro atoms. The molecular formula is C23H26N2O4. The molecule has 152 valence electrons. The number of hydrogen-bond acceptors (Lipinski definition) is 4. The zero-order chi connectivity index (χ0) is 20.8. The number of rotatable bonds is 7. The molecule has 2 aromatic rings. The normalized spacial score (nSPS) is 18.8. The smallest absolute Gasteiger partial charge is 0.309 e. The molecule has 6 heteroatoms. The Kier molecular flexibility index (Phi) is 6.65. The highest BCUT2D eigenvalue weighted by Crippen LogP contribution is 2.36. The van der Waals surface area contributed by atoms with E-state index >= 15 is 0 Å². The van der Waals surface area contributed by atoms with Crippen molar-refractivity contribution >= 4 is 23.5 Å². The van der Waals surface area contributed by atoms with E-state index in [4.69, 9.17) is 4.74 Å². The molecule has 2 N–H and O–H groups in total. The number of amides is 2. The highest BCUT2D eigenvalue weighted by Gasteiger charge is 2.42. The van der Waals surface area contributed by atoms with Crippen molar-refractivity contribution in [2.45, 2.75) is 32.7 Å². The largest absolute Gasteiger partial charge is 0.466 e.